The molecule has 0 bridgehead atoms. The highest BCUT2D eigenvalue weighted by Gasteiger charge is 2.15. The summed E-state index contributed by atoms with van der Waals surface area (Å²) < 4.78 is 0. The fourth-order valence-electron chi connectivity index (χ4n) is 5.49. The smallest absolute Gasteiger partial charge is 0.00923 e. The topological polar surface area (TPSA) is 0 Å². The van der Waals surface area contributed by atoms with Crippen LogP contribution in [0.25, 0.3) is 65.3 Å². The first-order valence-electron chi connectivity index (χ1n) is 11.8. The van der Waals surface area contributed by atoms with Gasteiger partial charge < -0.3 is 0 Å². The van der Waals surface area contributed by atoms with Gasteiger partial charge in [-0.2, -0.15) is 0 Å². The molecule has 34 heavy (non-hydrogen) atoms. The van der Waals surface area contributed by atoms with Gasteiger partial charge in [0.05, 0.1) is 0 Å². The van der Waals surface area contributed by atoms with E-state index >= 15 is 0 Å². The third kappa shape index (κ3) is 2.86. The summed E-state index contributed by atoms with van der Waals surface area (Å²) in [4.78, 5) is 0. The van der Waals surface area contributed by atoms with Gasteiger partial charge in [-0.3, -0.25) is 0 Å². The summed E-state index contributed by atoms with van der Waals surface area (Å²) in [5.41, 5.74) is 5.11. The lowest BCUT2D eigenvalue weighted by molar-refractivity contribution is 1.67. The Labute approximate surface area is 198 Å². The van der Waals surface area contributed by atoms with E-state index in [-0.39, 0.29) is 0 Å². The SMILES string of the molecule is c1ccc(-c2cc3c4ccccc4c(-c4cccc5ccccc45)cc3c3ccccc23)cc1. The number of benzene rings is 7. The Balaban J connectivity index is 1.67. The molecule has 0 radical (unpaired) electrons. The highest BCUT2D eigenvalue weighted by atomic mass is 14.2. The van der Waals surface area contributed by atoms with Crippen molar-refractivity contribution in [2.75, 3.05) is 0 Å². The van der Waals surface area contributed by atoms with Crippen LogP contribution in [-0.2, 0) is 0 Å². The lowest BCUT2D eigenvalue weighted by atomic mass is 9.87. The van der Waals surface area contributed by atoms with Crippen LogP contribution in [0.2, 0.25) is 0 Å². The van der Waals surface area contributed by atoms with Gasteiger partial charge in [0.2, 0.25) is 0 Å². The molecular weight excluding hydrogens is 408 g/mol. The third-order valence-corrected chi connectivity index (χ3v) is 7.05. The molecule has 0 aliphatic heterocycles. The van der Waals surface area contributed by atoms with Crippen LogP contribution in [0.5, 0.6) is 0 Å². The van der Waals surface area contributed by atoms with Crippen molar-refractivity contribution in [1.29, 1.82) is 0 Å². The first-order chi connectivity index (χ1) is 16.9. The van der Waals surface area contributed by atoms with Crippen LogP contribution in [0.15, 0.2) is 133 Å². The molecule has 158 valence electrons. The molecule has 0 unspecified atom stereocenters. The van der Waals surface area contributed by atoms with E-state index in [0.717, 1.165) is 0 Å². The molecule has 0 nitrogen and oxygen atoms in total. The lowest BCUT2D eigenvalue weighted by Crippen LogP contribution is -1.89. The molecule has 0 aliphatic carbocycles. The predicted octanol–water partition coefficient (Wildman–Crippen LogP) is 9.63. The molecule has 7 aromatic rings. The van der Waals surface area contributed by atoms with Crippen molar-refractivity contribution in [2.24, 2.45) is 0 Å². The van der Waals surface area contributed by atoms with E-state index in [0.29, 0.717) is 0 Å². The monoisotopic (exact) mass is 430 g/mol. The number of rotatable bonds is 2. The van der Waals surface area contributed by atoms with Gasteiger partial charge in [-0.25, -0.2) is 0 Å². The van der Waals surface area contributed by atoms with Crippen molar-refractivity contribution in [1.82, 2.24) is 0 Å². The quantitative estimate of drug-likeness (QED) is 0.239. The van der Waals surface area contributed by atoms with E-state index in [1.165, 1.54) is 65.3 Å². The largest absolute Gasteiger partial charge is 0.0622 e. The second-order valence-electron chi connectivity index (χ2n) is 8.93. The maximum Gasteiger partial charge on any atom is -0.00923 e. The Kier molecular flexibility index (Phi) is 4.25. The summed E-state index contributed by atoms with van der Waals surface area (Å²) in [6.45, 7) is 0. The van der Waals surface area contributed by atoms with E-state index in [1.54, 1.807) is 0 Å². The fourth-order valence-corrected chi connectivity index (χ4v) is 5.49. The number of hydrogen-bond donors (Lipinski definition) is 0. The van der Waals surface area contributed by atoms with Crippen LogP contribution < -0.4 is 0 Å². The van der Waals surface area contributed by atoms with Gasteiger partial charge >= 0.3 is 0 Å². The van der Waals surface area contributed by atoms with Crippen LogP contribution in [0.3, 0.4) is 0 Å². The van der Waals surface area contributed by atoms with Crippen LogP contribution in [0.1, 0.15) is 0 Å². The normalized spacial score (nSPS) is 11.5. The van der Waals surface area contributed by atoms with Crippen molar-refractivity contribution in [3.63, 3.8) is 0 Å². The summed E-state index contributed by atoms with van der Waals surface area (Å²) in [7, 11) is 0. The zero-order valence-electron chi connectivity index (χ0n) is 18.7. The molecule has 0 spiro atoms. The Bertz CT molecular complexity index is 1840. The predicted molar refractivity (Wildman–Crippen MR) is 147 cm³/mol. The van der Waals surface area contributed by atoms with Gasteiger partial charge in [0, 0.05) is 0 Å². The Morgan fingerprint density at radius 1 is 0.265 bits per heavy atom. The summed E-state index contributed by atoms with van der Waals surface area (Å²) in [6.07, 6.45) is 0. The highest BCUT2D eigenvalue weighted by molar-refractivity contribution is 6.24. The van der Waals surface area contributed by atoms with Gasteiger partial charge in [-0.15, -0.1) is 0 Å². The lowest BCUT2D eigenvalue weighted by Gasteiger charge is -2.17. The van der Waals surface area contributed by atoms with Gasteiger partial charge in [-0.1, -0.05) is 121 Å². The molecule has 7 rings (SSSR count). The zero-order valence-corrected chi connectivity index (χ0v) is 18.7. The molecule has 0 heterocycles. The molecule has 0 aromatic heterocycles. The first kappa shape index (κ1) is 19.1. The van der Waals surface area contributed by atoms with E-state index in [1.807, 2.05) is 0 Å². The Hall–Kier alpha value is -4.42. The number of fused-ring (bicyclic) bond motifs is 6. The molecular formula is C34H22. The van der Waals surface area contributed by atoms with Crippen LogP contribution in [0, 0.1) is 0 Å². The molecule has 0 N–H and O–H groups in total. The summed E-state index contributed by atoms with van der Waals surface area (Å²) in [6, 6.07) is 48.5. The van der Waals surface area contributed by atoms with Crippen LogP contribution in [0.4, 0.5) is 0 Å². The molecule has 0 saturated carbocycles. The molecule has 0 aliphatic rings. The zero-order chi connectivity index (χ0) is 22.5. The maximum atomic E-state index is 2.41. The summed E-state index contributed by atoms with van der Waals surface area (Å²) in [5.74, 6) is 0. The molecule has 0 atom stereocenters. The Morgan fingerprint density at radius 2 is 0.765 bits per heavy atom. The van der Waals surface area contributed by atoms with E-state index < -0.39 is 0 Å². The third-order valence-electron chi connectivity index (χ3n) is 7.05. The van der Waals surface area contributed by atoms with Crippen molar-refractivity contribution in [3.8, 4) is 22.3 Å². The van der Waals surface area contributed by atoms with Gasteiger partial charge in [0.15, 0.2) is 0 Å². The average Bonchev–Trinajstić information content (AvgIpc) is 2.92. The maximum absolute atomic E-state index is 2.41. The van der Waals surface area contributed by atoms with Crippen molar-refractivity contribution < 1.29 is 0 Å². The molecule has 0 heteroatoms. The van der Waals surface area contributed by atoms with Gasteiger partial charge in [0.1, 0.15) is 0 Å². The van der Waals surface area contributed by atoms with Gasteiger partial charge in [-0.05, 0) is 77.5 Å². The van der Waals surface area contributed by atoms with E-state index in [9.17, 15) is 0 Å². The standard InChI is InChI=1S/C34H22/c1-2-11-24(12-3-1)31-21-33-30-19-9-8-18-29(30)32(22-34(33)28-17-7-6-16-27(28)31)26-20-10-14-23-13-4-5-15-25(23)26/h1-22H. The average molecular weight is 431 g/mol. The second kappa shape index (κ2) is 7.57. The molecule has 0 saturated heterocycles. The molecule has 0 amide bonds. The number of hydrogen-bond acceptors (Lipinski definition) is 0. The van der Waals surface area contributed by atoms with Crippen molar-refractivity contribution in [3.05, 3.63) is 133 Å². The highest BCUT2D eigenvalue weighted by Crippen LogP contribution is 2.42. The van der Waals surface area contributed by atoms with E-state index in [4.69, 9.17) is 0 Å². The van der Waals surface area contributed by atoms with E-state index in [2.05, 4.69) is 133 Å². The molecule has 0 fully saturated rings. The minimum atomic E-state index is 1.25. The minimum Gasteiger partial charge on any atom is -0.0622 e. The second-order valence-corrected chi connectivity index (χ2v) is 8.93. The summed E-state index contributed by atoms with van der Waals surface area (Å²) >= 11 is 0. The van der Waals surface area contributed by atoms with Crippen LogP contribution >= 0.6 is 0 Å². The minimum absolute atomic E-state index is 1.25. The fraction of sp³-hybridized carbons (Fsp3) is 0. The van der Waals surface area contributed by atoms with Crippen molar-refractivity contribution >= 4 is 43.1 Å². The first-order valence-corrected chi connectivity index (χ1v) is 11.8. The van der Waals surface area contributed by atoms with Gasteiger partial charge in [0.25, 0.3) is 0 Å². The Morgan fingerprint density at radius 3 is 1.47 bits per heavy atom. The van der Waals surface area contributed by atoms with Crippen molar-refractivity contribution in [2.45, 2.75) is 0 Å². The van der Waals surface area contributed by atoms with Crippen LogP contribution in [-0.4, -0.2) is 0 Å². The molecule has 7 aromatic carbocycles. The summed E-state index contributed by atoms with van der Waals surface area (Å²) in [5, 5.41) is 10.3.